The lowest BCUT2D eigenvalue weighted by Gasteiger charge is -2.28. The van der Waals surface area contributed by atoms with E-state index >= 15 is 0 Å². The van der Waals surface area contributed by atoms with Crippen molar-refractivity contribution in [2.24, 2.45) is 27.9 Å². The fourth-order valence-corrected chi connectivity index (χ4v) is 8.94. The fourth-order valence-electron chi connectivity index (χ4n) is 8.94. The molecule has 0 saturated heterocycles. The number of unbranched alkanes of at least 4 members (excludes halogenated alkanes) is 2. The number of carbonyl (C=O) groups excluding carboxylic acids is 8. The minimum Gasteiger partial charge on any atom is -0.481 e. The first-order valence-corrected chi connectivity index (χ1v) is 26.6. The summed E-state index contributed by atoms with van der Waals surface area (Å²) >= 11 is 0. The first kappa shape index (κ1) is 61.9. The topological polar surface area (TPSA) is 403 Å². The second kappa shape index (κ2) is 31.5. The Labute approximate surface area is 463 Å². The molecule has 24 nitrogen and oxygen atoms in total. The van der Waals surface area contributed by atoms with Gasteiger partial charge in [-0.15, -0.1) is 0 Å². The molecule has 0 aliphatic carbocycles. The van der Waals surface area contributed by atoms with Crippen molar-refractivity contribution in [2.75, 3.05) is 13.1 Å². The number of aliphatic carboxylic acids is 1. The van der Waals surface area contributed by atoms with Crippen molar-refractivity contribution >= 4 is 80.7 Å². The highest BCUT2D eigenvalue weighted by molar-refractivity contribution is 5.99. The van der Waals surface area contributed by atoms with Gasteiger partial charge in [0, 0.05) is 44.6 Å². The van der Waals surface area contributed by atoms with E-state index in [9.17, 15) is 48.3 Å². The zero-order valence-electron chi connectivity index (χ0n) is 45.0. The number of carboxylic acids is 1. The number of guanidine groups is 1. The van der Waals surface area contributed by atoms with Gasteiger partial charge in [0.1, 0.15) is 42.3 Å². The number of amides is 8. The van der Waals surface area contributed by atoms with Crippen LogP contribution in [0.3, 0.4) is 0 Å². The predicted octanol–water partition coefficient (Wildman–Crippen LogP) is 0.490. The van der Waals surface area contributed by atoms with E-state index in [-0.39, 0.29) is 57.5 Å². The summed E-state index contributed by atoms with van der Waals surface area (Å²) in [7, 11) is 0. The Hall–Kier alpha value is -8.93. The highest BCUT2D eigenvalue weighted by atomic mass is 16.4. The molecule has 5 aromatic rings. The van der Waals surface area contributed by atoms with E-state index in [0.29, 0.717) is 49.0 Å². The van der Waals surface area contributed by atoms with Gasteiger partial charge < -0.3 is 70.2 Å². The molecule has 0 spiro atoms. The molecule has 24 heteroatoms. The number of rotatable bonds is 33. The minimum absolute atomic E-state index is 0.0360. The third-order valence-corrected chi connectivity index (χ3v) is 13.1. The standard InChI is InChI=1S/C56H74N14O10/c1-3-4-16-42(64-33(2)71)50(75)70-47(30-48(72)73)55(80)69-46(29-40-31-61-32-63-40)54(79)68-45(28-35-20-22-37-13-6-8-15-39(37)26-35)53(78)66-43(18-11-24-62-56(59)60)51(76)67-44(52(77)65-41(49(58)74)17-9-10-23-57)27-34-19-21-36-12-5-7-14-38(36)25-34/h5-8,12-15,19-22,25-26,31-32,41-47H,3-4,9-11,16-18,23-24,27-30,57H2,1-2H3,(H2,58,74)(H,61,63)(H,64,71)(H,65,77)(H,66,78)(H,67,76)(H,68,79)(H,69,80)(H,70,75)(H,72,73)(H4,59,60,62)/t41-,42-,43-,44-,45+,46-,47-/m0/s1. The molecule has 4 aromatic carbocycles. The molecule has 0 aliphatic rings. The normalized spacial score (nSPS) is 13.7. The number of nitrogens with one attached hydrogen (secondary N) is 8. The van der Waals surface area contributed by atoms with Gasteiger partial charge in [-0.2, -0.15) is 0 Å². The fraction of sp³-hybridized carbons (Fsp3) is 0.411. The lowest BCUT2D eigenvalue weighted by molar-refractivity contribution is -0.141. The number of benzene rings is 4. The Morgan fingerprint density at radius 2 is 1.00 bits per heavy atom. The van der Waals surface area contributed by atoms with Crippen molar-refractivity contribution in [1.29, 1.82) is 0 Å². The van der Waals surface area contributed by atoms with Crippen molar-refractivity contribution < 1.29 is 48.3 Å². The van der Waals surface area contributed by atoms with Gasteiger partial charge in [0.25, 0.3) is 0 Å². The number of nitrogens with zero attached hydrogens (tertiary/aromatic N) is 2. The van der Waals surface area contributed by atoms with Gasteiger partial charge in [0.2, 0.25) is 47.3 Å². The highest BCUT2D eigenvalue weighted by Crippen LogP contribution is 2.19. The minimum atomic E-state index is -1.73. The number of hydrogen-bond acceptors (Lipinski definition) is 12. The smallest absolute Gasteiger partial charge is 0.305 e. The van der Waals surface area contributed by atoms with Crippen LogP contribution in [0.5, 0.6) is 0 Å². The van der Waals surface area contributed by atoms with Crippen LogP contribution in [0.25, 0.3) is 21.5 Å². The first-order valence-electron chi connectivity index (χ1n) is 26.6. The van der Waals surface area contributed by atoms with Crippen LogP contribution in [-0.2, 0) is 62.4 Å². The van der Waals surface area contributed by atoms with E-state index in [1.165, 1.54) is 19.4 Å². The summed E-state index contributed by atoms with van der Waals surface area (Å²) in [4.78, 5) is 134. The molecule has 1 heterocycles. The zero-order chi connectivity index (χ0) is 58.1. The van der Waals surface area contributed by atoms with Crippen LogP contribution in [0.2, 0.25) is 0 Å². The molecular weight excluding hydrogens is 1030 g/mol. The third kappa shape index (κ3) is 20.1. The molecule has 8 amide bonds. The van der Waals surface area contributed by atoms with Crippen molar-refractivity contribution in [2.45, 2.75) is 133 Å². The lowest BCUT2D eigenvalue weighted by Crippen LogP contribution is -2.61. The summed E-state index contributed by atoms with van der Waals surface area (Å²) in [5, 5.41) is 31.9. The molecule has 5 rings (SSSR count). The molecule has 1 aromatic heterocycles. The molecule has 17 N–H and O–H groups in total. The Balaban J connectivity index is 1.50. The molecule has 7 atom stereocenters. The Bertz CT molecular complexity index is 2970. The third-order valence-electron chi connectivity index (χ3n) is 13.1. The number of H-pyrrole nitrogens is 1. The molecular formula is C56H74N14O10. The van der Waals surface area contributed by atoms with Crippen LogP contribution >= 0.6 is 0 Å². The van der Waals surface area contributed by atoms with E-state index in [4.69, 9.17) is 22.9 Å². The quantitative estimate of drug-likeness (QED) is 0.0155. The molecule has 0 unspecified atom stereocenters. The summed E-state index contributed by atoms with van der Waals surface area (Å²) in [6.07, 6.45) is 4.02. The maximum absolute atomic E-state index is 15.0. The van der Waals surface area contributed by atoms with Gasteiger partial charge in [-0.1, -0.05) is 105 Å². The largest absolute Gasteiger partial charge is 0.481 e. The second-order valence-corrected chi connectivity index (χ2v) is 19.5. The number of aromatic amines is 1. The van der Waals surface area contributed by atoms with E-state index < -0.39 is 102 Å². The van der Waals surface area contributed by atoms with E-state index in [1.807, 2.05) is 79.7 Å². The Morgan fingerprint density at radius 1 is 0.550 bits per heavy atom. The first-order chi connectivity index (χ1) is 38.3. The molecule has 0 saturated carbocycles. The van der Waals surface area contributed by atoms with Gasteiger partial charge in [0.05, 0.1) is 12.7 Å². The summed E-state index contributed by atoms with van der Waals surface area (Å²) in [6.45, 7) is 3.48. The van der Waals surface area contributed by atoms with Crippen LogP contribution in [0.1, 0.15) is 88.5 Å². The van der Waals surface area contributed by atoms with E-state index in [2.05, 4.69) is 52.2 Å². The number of aliphatic imine (C=N–C) groups is 1. The van der Waals surface area contributed by atoms with Crippen LogP contribution in [0.15, 0.2) is 102 Å². The lowest BCUT2D eigenvalue weighted by atomic mass is 9.99. The number of carboxylic acid groups (broad SMARTS) is 1. The van der Waals surface area contributed by atoms with Crippen LogP contribution in [0, 0.1) is 0 Å². The van der Waals surface area contributed by atoms with Crippen molar-refractivity contribution in [3.63, 3.8) is 0 Å². The predicted molar refractivity (Wildman–Crippen MR) is 301 cm³/mol. The van der Waals surface area contributed by atoms with E-state index in [1.54, 1.807) is 12.1 Å². The summed E-state index contributed by atoms with van der Waals surface area (Å²) in [5.41, 5.74) is 24.2. The van der Waals surface area contributed by atoms with Gasteiger partial charge in [-0.05, 0) is 77.7 Å². The molecule has 428 valence electrons. The number of primary amides is 1. The van der Waals surface area contributed by atoms with Gasteiger partial charge in [-0.25, -0.2) is 4.98 Å². The number of hydrogen-bond donors (Lipinski definition) is 13. The Kier molecular flexibility index (Phi) is 24.4. The summed E-state index contributed by atoms with van der Waals surface area (Å²) < 4.78 is 0. The molecule has 0 bridgehead atoms. The van der Waals surface area contributed by atoms with Crippen LogP contribution in [0.4, 0.5) is 0 Å². The van der Waals surface area contributed by atoms with Crippen LogP contribution < -0.4 is 60.2 Å². The summed E-state index contributed by atoms with van der Waals surface area (Å²) in [5.74, 6) is -8.20. The average molecular weight is 1100 g/mol. The Morgan fingerprint density at radius 3 is 1.48 bits per heavy atom. The van der Waals surface area contributed by atoms with Crippen molar-refractivity contribution in [3.05, 3.63) is 114 Å². The number of aromatic nitrogens is 2. The summed E-state index contributed by atoms with van der Waals surface area (Å²) in [6, 6.07) is 16.3. The number of imidazole rings is 1. The monoisotopic (exact) mass is 1100 g/mol. The highest BCUT2D eigenvalue weighted by Gasteiger charge is 2.35. The second-order valence-electron chi connectivity index (χ2n) is 19.5. The van der Waals surface area contributed by atoms with E-state index in [0.717, 1.165) is 21.5 Å². The number of nitrogens with two attached hydrogens (primary N) is 4. The molecule has 80 heavy (non-hydrogen) atoms. The molecule has 0 fully saturated rings. The van der Waals surface area contributed by atoms with Gasteiger partial charge in [0.15, 0.2) is 5.96 Å². The number of carbonyl (C=O) groups is 9. The number of fused-ring (bicyclic) bond motifs is 2. The van der Waals surface area contributed by atoms with Gasteiger partial charge in [-0.3, -0.25) is 48.1 Å². The maximum Gasteiger partial charge on any atom is 0.305 e. The maximum atomic E-state index is 15.0. The van der Waals surface area contributed by atoms with Crippen molar-refractivity contribution in [1.82, 2.24) is 47.2 Å². The SMILES string of the molecule is CCCC[C@H](NC(C)=O)C(=O)N[C@@H](CC(=O)O)C(=O)N[C@@H](Cc1cnc[nH]1)C(=O)N[C@H](Cc1ccc2ccccc2c1)C(=O)N[C@@H](CCCN=C(N)N)C(=O)N[C@@H](Cc1ccc2ccccc2c1)C(=O)N[C@@H](CCCCN)C(N)=O. The average Bonchev–Trinajstić information content (AvgIpc) is 3.97. The zero-order valence-corrected chi connectivity index (χ0v) is 45.0. The molecule has 0 aliphatic heterocycles. The van der Waals surface area contributed by atoms with Crippen LogP contribution in [-0.4, -0.2) is 130 Å². The van der Waals surface area contributed by atoms with Gasteiger partial charge >= 0.3 is 5.97 Å². The van der Waals surface area contributed by atoms with Crippen molar-refractivity contribution in [3.8, 4) is 0 Å². The molecule has 0 radical (unpaired) electrons.